The van der Waals surface area contributed by atoms with Crippen LogP contribution in [0.2, 0.25) is 0 Å². The minimum atomic E-state index is 0.00468. The first-order chi connectivity index (χ1) is 17.5. The lowest BCUT2D eigenvalue weighted by molar-refractivity contribution is -0.188. The number of rotatable bonds is 12. The minimum absolute atomic E-state index is 0.00468. The van der Waals surface area contributed by atoms with Gasteiger partial charge in [0.1, 0.15) is 0 Å². The molecule has 202 valence electrons. The highest BCUT2D eigenvalue weighted by Gasteiger charge is 2.34. The topological polar surface area (TPSA) is 74.8 Å². The smallest absolute Gasteiger partial charge is 0.319 e. The number of urea groups is 1. The molecule has 36 heavy (non-hydrogen) atoms. The Labute approximate surface area is 216 Å². The van der Waals surface area contributed by atoms with Gasteiger partial charge < -0.3 is 19.3 Å². The van der Waals surface area contributed by atoms with Crippen molar-refractivity contribution in [2.75, 3.05) is 59.7 Å². The third-order valence-corrected chi connectivity index (χ3v) is 6.87. The van der Waals surface area contributed by atoms with Gasteiger partial charge in [-0.05, 0) is 57.1 Å². The Morgan fingerprint density at radius 2 is 2.00 bits per heavy atom. The number of amides is 3. The molecule has 3 fully saturated rings. The monoisotopic (exact) mass is 504 g/mol. The largest absolute Gasteiger partial charge is 0.454 e. The summed E-state index contributed by atoms with van der Waals surface area (Å²) in [6.45, 7) is 10.9. The average Bonchev–Trinajstić information content (AvgIpc) is 3.49. The fourth-order valence-electron chi connectivity index (χ4n) is 4.97. The van der Waals surface area contributed by atoms with E-state index >= 15 is 0 Å². The van der Waals surface area contributed by atoms with Crippen LogP contribution in [0.4, 0.5) is 4.79 Å². The van der Waals surface area contributed by atoms with E-state index in [0.29, 0.717) is 32.2 Å². The number of hydrogen-bond donors (Lipinski definition) is 0. The Balaban J connectivity index is 1.65. The lowest BCUT2D eigenvalue weighted by atomic mass is 10.0. The minimum Gasteiger partial charge on any atom is -0.454 e. The summed E-state index contributed by atoms with van der Waals surface area (Å²) in [4.78, 5) is 37.4. The van der Waals surface area contributed by atoms with Crippen molar-refractivity contribution in [3.63, 3.8) is 0 Å². The summed E-state index contributed by atoms with van der Waals surface area (Å²) < 4.78 is 11.0. The number of allylic oxidation sites excluding steroid dienone is 3. The van der Waals surface area contributed by atoms with Crippen LogP contribution in [0.15, 0.2) is 35.8 Å². The molecule has 9 nitrogen and oxygen atoms in total. The Hall–Kier alpha value is -2.52. The second-order valence-electron chi connectivity index (χ2n) is 9.72. The average molecular weight is 505 g/mol. The third kappa shape index (κ3) is 7.74. The molecule has 2 unspecified atom stereocenters. The zero-order valence-electron chi connectivity index (χ0n) is 22.5. The van der Waals surface area contributed by atoms with Crippen LogP contribution in [0.3, 0.4) is 0 Å². The number of likely N-dealkylation sites (tertiary alicyclic amines) is 1. The van der Waals surface area contributed by atoms with Crippen LogP contribution >= 0.6 is 0 Å². The molecule has 0 radical (unpaired) electrons. The SMILES string of the molecule is C/C=C1/OCO/C1=C/C=C/C1CC(CCN2CCCN(C)C2=O)N(CC(=O)N(CCC)OCCC)C1. The van der Waals surface area contributed by atoms with Crippen LogP contribution in [0.25, 0.3) is 0 Å². The van der Waals surface area contributed by atoms with Gasteiger partial charge in [0.05, 0.1) is 13.2 Å². The normalized spacial score (nSPS) is 25.3. The van der Waals surface area contributed by atoms with E-state index < -0.39 is 0 Å². The maximum Gasteiger partial charge on any atom is 0.319 e. The molecule has 0 saturated carbocycles. The molecule has 0 bridgehead atoms. The predicted octanol–water partition coefficient (Wildman–Crippen LogP) is 3.75. The van der Waals surface area contributed by atoms with E-state index in [4.69, 9.17) is 14.3 Å². The summed E-state index contributed by atoms with van der Waals surface area (Å²) in [6, 6.07) is 0.327. The molecule has 0 aromatic carbocycles. The van der Waals surface area contributed by atoms with E-state index in [0.717, 1.165) is 63.3 Å². The molecule has 2 atom stereocenters. The molecule has 3 heterocycles. The van der Waals surface area contributed by atoms with Gasteiger partial charge in [-0.3, -0.25) is 14.5 Å². The molecule has 3 amide bonds. The molecule has 0 aromatic heterocycles. The zero-order valence-corrected chi connectivity index (χ0v) is 22.5. The van der Waals surface area contributed by atoms with Crippen molar-refractivity contribution in [3.8, 4) is 0 Å². The molecule has 3 aliphatic heterocycles. The van der Waals surface area contributed by atoms with E-state index in [1.54, 1.807) is 4.90 Å². The number of nitrogens with zero attached hydrogens (tertiary/aromatic N) is 4. The number of carbonyl (C=O) groups excluding carboxylic acids is 2. The van der Waals surface area contributed by atoms with Gasteiger partial charge in [-0.2, -0.15) is 0 Å². The third-order valence-electron chi connectivity index (χ3n) is 6.87. The first-order valence-corrected chi connectivity index (χ1v) is 13.4. The fourth-order valence-corrected chi connectivity index (χ4v) is 4.97. The Kier molecular flexibility index (Phi) is 11.1. The lowest BCUT2D eigenvalue weighted by Gasteiger charge is -2.35. The van der Waals surface area contributed by atoms with Crippen molar-refractivity contribution in [1.29, 1.82) is 0 Å². The molecular formula is C27H44N4O5. The number of ether oxygens (including phenoxy) is 2. The van der Waals surface area contributed by atoms with Gasteiger partial charge in [0.2, 0.25) is 6.79 Å². The molecule has 3 rings (SSSR count). The van der Waals surface area contributed by atoms with E-state index in [9.17, 15) is 9.59 Å². The Morgan fingerprint density at radius 3 is 2.75 bits per heavy atom. The van der Waals surface area contributed by atoms with Crippen LogP contribution in [0.1, 0.15) is 52.9 Å². The fraction of sp³-hybridized carbons (Fsp3) is 0.704. The maximum absolute atomic E-state index is 13.1. The van der Waals surface area contributed by atoms with Gasteiger partial charge >= 0.3 is 6.03 Å². The summed E-state index contributed by atoms with van der Waals surface area (Å²) in [5.41, 5.74) is 0. The highest BCUT2D eigenvalue weighted by atomic mass is 16.7. The lowest BCUT2D eigenvalue weighted by Crippen LogP contribution is -2.49. The summed E-state index contributed by atoms with van der Waals surface area (Å²) in [5.74, 6) is 1.82. The zero-order chi connectivity index (χ0) is 25.9. The molecule has 0 aromatic rings. The van der Waals surface area contributed by atoms with Crippen LogP contribution in [-0.2, 0) is 19.1 Å². The van der Waals surface area contributed by atoms with Crippen molar-refractivity contribution in [2.45, 2.75) is 58.9 Å². The van der Waals surface area contributed by atoms with Gasteiger partial charge in [-0.15, -0.1) is 0 Å². The first-order valence-electron chi connectivity index (χ1n) is 13.4. The standard InChI is InChI=1S/C27H44N4O5/c1-5-13-31(36-17-6-2)26(32)20-30-19-22(10-8-11-25-24(7-3)34-21-35-25)18-23(30)12-16-29-15-9-14-28(4)27(29)33/h7-8,10-11,22-23H,5-6,9,12-21H2,1-4H3/b10-8+,24-7+,25-11+. The summed E-state index contributed by atoms with van der Waals surface area (Å²) >= 11 is 0. The van der Waals surface area contributed by atoms with Gasteiger partial charge in [0, 0.05) is 45.8 Å². The molecular weight excluding hydrogens is 460 g/mol. The summed E-state index contributed by atoms with van der Waals surface area (Å²) in [5, 5.41) is 1.54. The van der Waals surface area contributed by atoms with Crippen molar-refractivity contribution < 1.29 is 23.9 Å². The van der Waals surface area contributed by atoms with E-state index in [1.807, 2.05) is 44.0 Å². The predicted molar refractivity (Wildman–Crippen MR) is 139 cm³/mol. The molecule has 0 aliphatic carbocycles. The first kappa shape index (κ1) is 28.1. The molecule has 0 N–H and O–H groups in total. The highest BCUT2D eigenvalue weighted by Crippen LogP contribution is 2.28. The quantitative estimate of drug-likeness (QED) is 0.377. The Bertz CT molecular complexity index is 827. The van der Waals surface area contributed by atoms with Crippen molar-refractivity contribution in [2.24, 2.45) is 5.92 Å². The number of hydrogen-bond acceptors (Lipinski definition) is 6. The van der Waals surface area contributed by atoms with E-state index in [2.05, 4.69) is 17.9 Å². The second-order valence-corrected chi connectivity index (χ2v) is 9.72. The van der Waals surface area contributed by atoms with E-state index in [1.165, 1.54) is 5.06 Å². The van der Waals surface area contributed by atoms with Crippen molar-refractivity contribution >= 4 is 11.9 Å². The van der Waals surface area contributed by atoms with Crippen LogP contribution in [0.5, 0.6) is 0 Å². The van der Waals surface area contributed by atoms with Crippen LogP contribution in [0, 0.1) is 5.92 Å². The van der Waals surface area contributed by atoms with Crippen LogP contribution < -0.4 is 0 Å². The molecule has 3 aliphatic rings. The van der Waals surface area contributed by atoms with Gasteiger partial charge in [-0.1, -0.05) is 26.0 Å². The maximum atomic E-state index is 13.1. The van der Waals surface area contributed by atoms with Crippen molar-refractivity contribution in [3.05, 3.63) is 35.8 Å². The van der Waals surface area contributed by atoms with Gasteiger partial charge in [-0.25, -0.2) is 9.86 Å². The Morgan fingerprint density at radius 1 is 1.19 bits per heavy atom. The summed E-state index contributed by atoms with van der Waals surface area (Å²) in [7, 11) is 1.86. The van der Waals surface area contributed by atoms with Crippen molar-refractivity contribution in [1.82, 2.24) is 19.8 Å². The molecule has 3 saturated heterocycles. The van der Waals surface area contributed by atoms with Crippen LogP contribution in [-0.4, -0.2) is 97.5 Å². The van der Waals surface area contributed by atoms with Gasteiger partial charge in [0.15, 0.2) is 11.5 Å². The summed E-state index contributed by atoms with van der Waals surface area (Å²) in [6.07, 6.45) is 12.6. The second kappa shape index (κ2) is 14.3. The highest BCUT2D eigenvalue weighted by molar-refractivity contribution is 5.77. The number of hydroxylamine groups is 2. The van der Waals surface area contributed by atoms with E-state index in [-0.39, 0.29) is 24.8 Å². The number of carbonyl (C=O) groups is 2. The molecule has 0 spiro atoms. The van der Waals surface area contributed by atoms with Gasteiger partial charge in [0.25, 0.3) is 5.91 Å². The molecule has 9 heteroatoms.